The van der Waals surface area contributed by atoms with E-state index in [9.17, 15) is 14.4 Å². The number of aromatic nitrogens is 4. The van der Waals surface area contributed by atoms with Crippen LogP contribution in [0.5, 0.6) is 0 Å². The highest BCUT2D eigenvalue weighted by Gasteiger charge is 2.31. The maximum absolute atomic E-state index is 13.7. The molecule has 0 radical (unpaired) electrons. The Hall–Kier alpha value is -3.33. The fourth-order valence-electron chi connectivity index (χ4n) is 4.61. The van der Waals surface area contributed by atoms with Crippen LogP contribution in [0.15, 0.2) is 40.2 Å². The molecule has 5 rings (SSSR count). The molecule has 1 aliphatic heterocycles. The van der Waals surface area contributed by atoms with Gasteiger partial charge in [-0.2, -0.15) is 0 Å². The fraction of sp³-hybridized carbons (Fsp3) is 0.480. The summed E-state index contributed by atoms with van der Waals surface area (Å²) in [6.45, 7) is 7.86. The summed E-state index contributed by atoms with van der Waals surface area (Å²) in [7, 11) is 0. The summed E-state index contributed by atoms with van der Waals surface area (Å²) >= 11 is 0. The van der Waals surface area contributed by atoms with Crippen molar-refractivity contribution in [2.45, 2.75) is 45.7 Å². The number of aromatic amines is 1. The first-order valence-corrected chi connectivity index (χ1v) is 12.0. The highest BCUT2D eigenvalue weighted by atomic mass is 16.2. The van der Waals surface area contributed by atoms with Gasteiger partial charge in [-0.1, -0.05) is 19.9 Å². The van der Waals surface area contributed by atoms with Crippen molar-refractivity contribution in [1.29, 1.82) is 0 Å². The molecule has 2 fully saturated rings. The Morgan fingerprint density at radius 2 is 1.94 bits per heavy atom. The molecule has 9 nitrogen and oxygen atoms in total. The summed E-state index contributed by atoms with van der Waals surface area (Å²) in [5.41, 5.74) is 1.60. The van der Waals surface area contributed by atoms with E-state index in [1.807, 2.05) is 31.0 Å². The lowest BCUT2D eigenvalue weighted by atomic mass is 10.1. The van der Waals surface area contributed by atoms with Crippen LogP contribution in [0.3, 0.4) is 0 Å². The number of fused-ring (bicyclic) bond motifs is 1. The van der Waals surface area contributed by atoms with Gasteiger partial charge in [-0.25, -0.2) is 9.78 Å². The predicted octanol–water partition coefficient (Wildman–Crippen LogP) is 1.97. The maximum Gasteiger partial charge on any atom is 0.330 e. The third-order valence-corrected chi connectivity index (χ3v) is 6.53. The van der Waals surface area contributed by atoms with Crippen LogP contribution in [0.4, 0.5) is 0 Å². The molecule has 0 bridgehead atoms. The summed E-state index contributed by atoms with van der Waals surface area (Å²) in [5, 5.41) is 0.215. The second-order valence-electron chi connectivity index (χ2n) is 9.76. The van der Waals surface area contributed by atoms with E-state index < -0.39 is 11.2 Å². The molecular weight excluding hydrogens is 432 g/mol. The van der Waals surface area contributed by atoms with Crippen LogP contribution in [0, 0.1) is 5.92 Å². The zero-order valence-electron chi connectivity index (χ0n) is 19.7. The number of hydrogen-bond acceptors (Lipinski definition) is 6. The molecule has 2 aliphatic rings. The van der Waals surface area contributed by atoms with Gasteiger partial charge in [0.2, 0.25) is 0 Å². The van der Waals surface area contributed by atoms with Gasteiger partial charge in [-0.15, -0.1) is 0 Å². The quantitative estimate of drug-likeness (QED) is 0.601. The molecule has 1 aliphatic carbocycles. The number of carbonyl (C=O) groups is 1. The number of pyridine rings is 2. The van der Waals surface area contributed by atoms with Crippen LogP contribution in [0.1, 0.15) is 54.2 Å². The van der Waals surface area contributed by atoms with E-state index in [1.165, 1.54) is 4.57 Å². The second-order valence-corrected chi connectivity index (χ2v) is 9.76. The van der Waals surface area contributed by atoms with Gasteiger partial charge >= 0.3 is 5.69 Å². The molecular formula is C25H30N6O3. The van der Waals surface area contributed by atoms with Crippen molar-refractivity contribution in [3.8, 4) is 0 Å². The molecule has 9 heteroatoms. The van der Waals surface area contributed by atoms with Crippen molar-refractivity contribution < 1.29 is 4.79 Å². The Morgan fingerprint density at radius 1 is 1.18 bits per heavy atom. The normalized spacial score (nSPS) is 17.0. The molecule has 1 saturated heterocycles. The van der Waals surface area contributed by atoms with Crippen LogP contribution in [0.2, 0.25) is 0 Å². The van der Waals surface area contributed by atoms with Crippen molar-refractivity contribution in [2.75, 3.05) is 26.2 Å². The van der Waals surface area contributed by atoms with Gasteiger partial charge in [0.25, 0.3) is 11.5 Å². The Bertz CT molecular complexity index is 1320. The molecule has 0 aromatic carbocycles. The van der Waals surface area contributed by atoms with E-state index in [2.05, 4.69) is 20.9 Å². The number of hydrogen-bond donors (Lipinski definition) is 1. The molecule has 3 aromatic heterocycles. The minimum absolute atomic E-state index is 0.171. The topological polar surface area (TPSA) is 104 Å². The summed E-state index contributed by atoms with van der Waals surface area (Å²) in [5.74, 6) is 0.301. The second kappa shape index (κ2) is 9.13. The predicted molar refractivity (Wildman–Crippen MR) is 129 cm³/mol. The van der Waals surface area contributed by atoms with E-state index in [4.69, 9.17) is 4.98 Å². The molecule has 1 N–H and O–H groups in total. The van der Waals surface area contributed by atoms with Gasteiger partial charge in [-0.05, 0) is 36.5 Å². The van der Waals surface area contributed by atoms with Crippen molar-refractivity contribution in [2.24, 2.45) is 5.92 Å². The van der Waals surface area contributed by atoms with Crippen LogP contribution < -0.4 is 11.2 Å². The number of rotatable bonds is 6. The van der Waals surface area contributed by atoms with Crippen molar-refractivity contribution in [3.05, 3.63) is 68.3 Å². The molecule has 3 aromatic rings. The number of carbonyl (C=O) groups excluding carboxylic acids is 1. The molecule has 0 spiro atoms. The largest absolute Gasteiger partial charge is 0.336 e. The van der Waals surface area contributed by atoms with Crippen LogP contribution >= 0.6 is 0 Å². The summed E-state index contributed by atoms with van der Waals surface area (Å²) in [6, 6.07) is 5.76. The number of piperazine rings is 1. The Kier molecular flexibility index (Phi) is 6.03. The third kappa shape index (κ3) is 4.52. The Labute approximate surface area is 197 Å². The average Bonchev–Trinajstić information content (AvgIpc) is 3.67. The van der Waals surface area contributed by atoms with E-state index in [0.717, 1.165) is 43.7 Å². The lowest BCUT2D eigenvalue weighted by molar-refractivity contribution is 0.0630. The van der Waals surface area contributed by atoms with E-state index in [0.29, 0.717) is 30.8 Å². The van der Waals surface area contributed by atoms with E-state index >= 15 is 0 Å². The number of H-pyrrole nitrogens is 1. The van der Waals surface area contributed by atoms with Gasteiger partial charge < -0.3 is 4.90 Å². The van der Waals surface area contributed by atoms with E-state index in [1.54, 1.807) is 12.3 Å². The first-order chi connectivity index (χ1) is 16.4. The fourth-order valence-corrected chi connectivity index (χ4v) is 4.61. The van der Waals surface area contributed by atoms with Gasteiger partial charge in [0.05, 0.1) is 10.9 Å². The molecule has 178 valence electrons. The maximum atomic E-state index is 13.7. The Morgan fingerprint density at radius 3 is 2.59 bits per heavy atom. The third-order valence-electron chi connectivity index (χ3n) is 6.53. The van der Waals surface area contributed by atoms with Crippen LogP contribution in [-0.2, 0) is 13.1 Å². The lowest BCUT2D eigenvalue weighted by Crippen LogP contribution is -2.48. The van der Waals surface area contributed by atoms with Gasteiger partial charge in [0.1, 0.15) is 0 Å². The highest BCUT2D eigenvalue weighted by Crippen LogP contribution is 2.40. The van der Waals surface area contributed by atoms with Crippen LogP contribution in [-0.4, -0.2) is 61.4 Å². The van der Waals surface area contributed by atoms with Crippen LogP contribution in [0.25, 0.3) is 11.0 Å². The summed E-state index contributed by atoms with van der Waals surface area (Å²) < 4.78 is 1.51. The molecule has 0 atom stereocenters. The van der Waals surface area contributed by atoms with Gasteiger partial charge in [0, 0.05) is 63.3 Å². The highest BCUT2D eigenvalue weighted by molar-refractivity contribution is 6.05. The first kappa shape index (κ1) is 22.5. The van der Waals surface area contributed by atoms with E-state index in [-0.39, 0.29) is 23.1 Å². The first-order valence-electron chi connectivity index (χ1n) is 12.0. The minimum Gasteiger partial charge on any atom is -0.336 e. The lowest BCUT2D eigenvalue weighted by Gasteiger charge is -2.35. The number of nitrogens with one attached hydrogen (secondary N) is 1. The monoisotopic (exact) mass is 462 g/mol. The molecule has 4 heterocycles. The molecule has 1 amide bonds. The SMILES string of the molecule is CC(C)Cn1c(=O)[nH]c(=O)c2c(C(=O)N3CCN(Cc4cccnc4)CC3)cc(C3CC3)nc21. The summed E-state index contributed by atoms with van der Waals surface area (Å²) in [6.07, 6.45) is 5.65. The number of nitrogens with zero attached hydrogens (tertiary/aromatic N) is 5. The smallest absolute Gasteiger partial charge is 0.330 e. The zero-order chi connectivity index (χ0) is 23.8. The van der Waals surface area contributed by atoms with Gasteiger partial charge in [0.15, 0.2) is 5.65 Å². The summed E-state index contributed by atoms with van der Waals surface area (Å²) in [4.78, 5) is 54.6. The van der Waals surface area contributed by atoms with Crippen molar-refractivity contribution in [3.63, 3.8) is 0 Å². The average molecular weight is 463 g/mol. The minimum atomic E-state index is -0.548. The van der Waals surface area contributed by atoms with Crippen molar-refractivity contribution in [1.82, 2.24) is 29.3 Å². The van der Waals surface area contributed by atoms with Crippen molar-refractivity contribution >= 4 is 16.9 Å². The zero-order valence-corrected chi connectivity index (χ0v) is 19.7. The van der Waals surface area contributed by atoms with Gasteiger partial charge in [-0.3, -0.25) is 29.0 Å². The number of amides is 1. The standard InChI is InChI=1S/C25H30N6O3/c1-16(2)14-31-22-21(23(32)28-25(31)34)19(12-20(27-22)18-5-6-18)24(33)30-10-8-29(9-11-30)15-17-4-3-7-26-13-17/h3-4,7,12-13,16,18H,5-6,8-11,14-15H2,1-2H3,(H,28,32,34). The molecule has 34 heavy (non-hydrogen) atoms. The molecule has 1 saturated carbocycles. The molecule has 0 unspecified atom stereocenters. The Balaban J connectivity index is 1.46.